The van der Waals surface area contributed by atoms with Crippen molar-refractivity contribution in [3.8, 4) is 0 Å². The summed E-state index contributed by atoms with van der Waals surface area (Å²) >= 11 is 0. The van der Waals surface area contributed by atoms with E-state index in [1.165, 1.54) is 6.07 Å². The Labute approximate surface area is 121 Å². The molecule has 0 aliphatic rings. The summed E-state index contributed by atoms with van der Waals surface area (Å²) in [5.41, 5.74) is -0.103. The Bertz CT molecular complexity index is 659. The number of benzene rings is 1. The van der Waals surface area contributed by atoms with Gasteiger partial charge in [-0.05, 0) is 38.1 Å². The van der Waals surface area contributed by atoms with Gasteiger partial charge in [0.15, 0.2) is 0 Å². The molecule has 1 heterocycles. The lowest BCUT2D eigenvalue weighted by atomic mass is 10.2. The highest BCUT2D eigenvalue weighted by Gasteiger charge is 2.12. The fraction of sp³-hybridized carbons (Fsp3) is 0.200. The molecular weight excluding hydrogens is 276 g/mol. The Morgan fingerprint density at radius 3 is 2.67 bits per heavy atom. The minimum Gasteiger partial charge on any atom is -0.368 e. The number of halogens is 2. The summed E-state index contributed by atoms with van der Waals surface area (Å²) in [6.45, 7) is 3.88. The van der Waals surface area contributed by atoms with Crippen LogP contribution >= 0.6 is 0 Å². The van der Waals surface area contributed by atoms with E-state index in [9.17, 15) is 13.6 Å². The lowest BCUT2D eigenvalue weighted by molar-refractivity contribution is 0.102. The monoisotopic (exact) mass is 291 g/mol. The first-order chi connectivity index (χ1) is 9.95. The molecule has 1 aromatic heterocycles. The number of amides is 1. The molecule has 6 heteroatoms. The van der Waals surface area contributed by atoms with Crippen molar-refractivity contribution in [3.63, 3.8) is 0 Å². The van der Waals surface area contributed by atoms with E-state index >= 15 is 0 Å². The predicted octanol–water partition coefficient (Wildman–Crippen LogP) is 3.43. The van der Waals surface area contributed by atoms with Crippen molar-refractivity contribution in [3.05, 3.63) is 53.7 Å². The Kier molecular flexibility index (Phi) is 4.47. The summed E-state index contributed by atoms with van der Waals surface area (Å²) in [5, 5.41) is 5.36. The van der Waals surface area contributed by atoms with Crippen LogP contribution < -0.4 is 10.6 Å². The van der Waals surface area contributed by atoms with Crippen LogP contribution in [-0.4, -0.2) is 16.9 Å². The van der Waals surface area contributed by atoms with Gasteiger partial charge in [0.05, 0.1) is 5.69 Å². The summed E-state index contributed by atoms with van der Waals surface area (Å²) in [4.78, 5) is 16.1. The summed E-state index contributed by atoms with van der Waals surface area (Å²) in [6.07, 6.45) is 0. The highest BCUT2D eigenvalue weighted by molar-refractivity contribution is 6.03. The van der Waals surface area contributed by atoms with Gasteiger partial charge in [0.25, 0.3) is 5.91 Å². The third-order valence-electron chi connectivity index (χ3n) is 2.59. The molecule has 0 radical (unpaired) electrons. The first kappa shape index (κ1) is 14.9. The molecular formula is C15H15F2N3O. The molecule has 0 fully saturated rings. The molecule has 0 saturated heterocycles. The maximum Gasteiger partial charge on any atom is 0.274 e. The first-order valence-corrected chi connectivity index (χ1v) is 6.45. The highest BCUT2D eigenvalue weighted by atomic mass is 19.1. The minimum atomic E-state index is -0.707. The molecule has 0 spiro atoms. The SMILES string of the molecule is CC(C)Nc1cccc(C(=O)Nc2cc(F)ccc2F)n1. The van der Waals surface area contributed by atoms with Gasteiger partial charge in [-0.3, -0.25) is 4.79 Å². The molecule has 2 N–H and O–H groups in total. The molecule has 1 amide bonds. The molecule has 1 aromatic carbocycles. The van der Waals surface area contributed by atoms with Gasteiger partial charge in [-0.2, -0.15) is 0 Å². The fourth-order valence-corrected chi connectivity index (χ4v) is 1.72. The molecule has 0 saturated carbocycles. The van der Waals surface area contributed by atoms with E-state index < -0.39 is 17.5 Å². The molecule has 21 heavy (non-hydrogen) atoms. The number of hydrogen-bond acceptors (Lipinski definition) is 3. The standard InChI is InChI=1S/C15H15F2N3O/c1-9(2)18-14-5-3-4-12(19-14)15(21)20-13-8-10(16)6-7-11(13)17/h3-9H,1-2H3,(H,18,19)(H,20,21). The molecule has 4 nitrogen and oxygen atoms in total. The third kappa shape index (κ3) is 3.98. The van der Waals surface area contributed by atoms with Crippen LogP contribution in [0.1, 0.15) is 24.3 Å². The van der Waals surface area contributed by atoms with E-state index in [2.05, 4.69) is 15.6 Å². The number of anilines is 2. The Morgan fingerprint density at radius 1 is 1.19 bits per heavy atom. The van der Waals surface area contributed by atoms with Gasteiger partial charge in [0, 0.05) is 12.1 Å². The average molecular weight is 291 g/mol. The van der Waals surface area contributed by atoms with Crippen molar-refractivity contribution >= 4 is 17.4 Å². The second-order valence-electron chi connectivity index (χ2n) is 4.79. The number of hydrogen-bond donors (Lipinski definition) is 2. The molecule has 2 rings (SSSR count). The van der Waals surface area contributed by atoms with Crippen LogP contribution in [0.15, 0.2) is 36.4 Å². The van der Waals surface area contributed by atoms with Gasteiger partial charge in [-0.25, -0.2) is 13.8 Å². The number of pyridine rings is 1. The molecule has 0 aliphatic carbocycles. The number of rotatable bonds is 4. The van der Waals surface area contributed by atoms with Crippen LogP contribution in [0.4, 0.5) is 20.3 Å². The van der Waals surface area contributed by atoms with Crippen LogP contribution in [0, 0.1) is 11.6 Å². The van der Waals surface area contributed by atoms with Crippen molar-refractivity contribution in [2.24, 2.45) is 0 Å². The number of carbonyl (C=O) groups excluding carboxylic acids is 1. The lowest BCUT2D eigenvalue weighted by Crippen LogP contribution is -2.17. The quantitative estimate of drug-likeness (QED) is 0.907. The van der Waals surface area contributed by atoms with E-state index in [-0.39, 0.29) is 17.4 Å². The van der Waals surface area contributed by atoms with E-state index in [0.29, 0.717) is 5.82 Å². The number of carbonyl (C=O) groups is 1. The van der Waals surface area contributed by atoms with Gasteiger partial charge in [-0.15, -0.1) is 0 Å². The van der Waals surface area contributed by atoms with Crippen LogP contribution in [0.3, 0.4) is 0 Å². The average Bonchev–Trinajstić information content (AvgIpc) is 2.42. The fourth-order valence-electron chi connectivity index (χ4n) is 1.72. The molecule has 2 aromatic rings. The van der Waals surface area contributed by atoms with E-state index in [1.807, 2.05) is 13.8 Å². The zero-order chi connectivity index (χ0) is 15.4. The van der Waals surface area contributed by atoms with E-state index in [0.717, 1.165) is 18.2 Å². The highest BCUT2D eigenvalue weighted by Crippen LogP contribution is 2.16. The first-order valence-electron chi connectivity index (χ1n) is 6.45. The van der Waals surface area contributed by atoms with Crippen molar-refractivity contribution in [2.75, 3.05) is 10.6 Å². The van der Waals surface area contributed by atoms with Crippen molar-refractivity contribution in [2.45, 2.75) is 19.9 Å². The second kappa shape index (κ2) is 6.30. The summed E-state index contributed by atoms with van der Waals surface area (Å²) < 4.78 is 26.5. The Morgan fingerprint density at radius 2 is 1.95 bits per heavy atom. The number of aromatic nitrogens is 1. The lowest BCUT2D eigenvalue weighted by Gasteiger charge is -2.10. The molecule has 110 valence electrons. The maximum atomic E-state index is 13.5. The maximum absolute atomic E-state index is 13.5. The molecule has 0 atom stereocenters. The third-order valence-corrected chi connectivity index (χ3v) is 2.59. The second-order valence-corrected chi connectivity index (χ2v) is 4.79. The Hall–Kier alpha value is -2.50. The zero-order valence-corrected chi connectivity index (χ0v) is 11.7. The smallest absolute Gasteiger partial charge is 0.274 e. The van der Waals surface area contributed by atoms with Gasteiger partial charge in [0.2, 0.25) is 0 Å². The molecule has 0 bridgehead atoms. The van der Waals surface area contributed by atoms with Crippen LogP contribution in [0.25, 0.3) is 0 Å². The van der Waals surface area contributed by atoms with Gasteiger partial charge >= 0.3 is 0 Å². The zero-order valence-electron chi connectivity index (χ0n) is 11.7. The van der Waals surface area contributed by atoms with E-state index in [1.54, 1.807) is 12.1 Å². The van der Waals surface area contributed by atoms with Crippen LogP contribution in [0.5, 0.6) is 0 Å². The van der Waals surface area contributed by atoms with Gasteiger partial charge < -0.3 is 10.6 Å². The molecule has 0 unspecified atom stereocenters. The van der Waals surface area contributed by atoms with Crippen molar-refractivity contribution in [1.82, 2.24) is 4.98 Å². The minimum absolute atomic E-state index is 0.115. The van der Waals surface area contributed by atoms with Gasteiger partial charge in [0.1, 0.15) is 23.1 Å². The summed E-state index contributed by atoms with van der Waals surface area (Å²) in [7, 11) is 0. The van der Waals surface area contributed by atoms with Crippen LogP contribution in [0.2, 0.25) is 0 Å². The Balaban J connectivity index is 2.18. The molecule has 0 aliphatic heterocycles. The number of nitrogens with one attached hydrogen (secondary N) is 2. The van der Waals surface area contributed by atoms with Crippen molar-refractivity contribution < 1.29 is 13.6 Å². The van der Waals surface area contributed by atoms with Crippen molar-refractivity contribution in [1.29, 1.82) is 0 Å². The largest absolute Gasteiger partial charge is 0.368 e. The summed E-state index contributed by atoms with van der Waals surface area (Å²) in [6, 6.07) is 7.90. The topological polar surface area (TPSA) is 54.0 Å². The summed E-state index contributed by atoms with van der Waals surface area (Å²) in [5.74, 6) is -1.40. The van der Waals surface area contributed by atoms with Crippen LogP contribution in [-0.2, 0) is 0 Å². The van der Waals surface area contributed by atoms with E-state index in [4.69, 9.17) is 0 Å². The predicted molar refractivity (Wildman–Crippen MR) is 77.3 cm³/mol. The van der Waals surface area contributed by atoms with Gasteiger partial charge in [-0.1, -0.05) is 6.07 Å². The number of nitrogens with zero attached hydrogens (tertiary/aromatic N) is 1. The normalized spacial score (nSPS) is 10.5.